The number of halogens is 1. The molecule has 0 atom stereocenters. The first-order chi connectivity index (χ1) is 11.5. The van der Waals surface area contributed by atoms with E-state index in [2.05, 4.69) is 29.1 Å². The van der Waals surface area contributed by atoms with E-state index in [1.165, 1.54) is 0 Å². The smallest absolute Gasteiger partial charge is 0.216 e. The number of aromatic hydroxyl groups is 1. The minimum absolute atomic E-state index is 0.0756. The number of hydrogen-bond acceptors (Lipinski definition) is 5. The monoisotopic (exact) mass is 368 g/mol. The number of phenols is 1. The van der Waals surface area contributed by atoms with Crippen LogP contribution in [0.1, 0.15) is 50.9 Å². The summed E-state index contributed by atoms with van der Waals surface area (Å²) in [5.74, 6) is 1.32. The lowest BCUT2D eigenvalue weighted by Crippen LogP contribution is -2.05. The van der Waals surface area contributed by atoms with Gasteiger partial charge in [0.1, 0.15) is 0 Å². The van der Waals surface area contributed by atoms with Crippen molar-refractivity contribution >= 4 is 30.0 Å². The van der Waals surface area contributed by atoms with Gasteiger partial charge in [0.2, 0.25) is 4.77 Å². The van der Waals surface area contributed by atoms with Crippen LogP contribution in [0.25, 0.3) is 0 Å². The highest BCUT2D eigenvalue weighted by molar-refractivity contribution is 7.71. The Morgan fingerprint density at radius 3 is 2.75 bits per heavy atom. The van der Waals surface area contributed by atoms with E-state index in [1.807, 2.05) is 6.92 Å². The van der Waals surface area contributed by atoms with Crippen LogP contribution >= 0.6 is 23.8 Å². The third-order valence-electron chi connectivity index (χ3n) is 3.70. The molecule has 0 amide bonds. The maximum atomic E-state index is 9.89. The molecular formula is C16H21ClN4O2S. The standard InChI is InChI=1S/C16H21ClN4O2S/c1-4-11(5-2)15-19-20-16(24)21(15)18-9-10-7-12(17)14(22)13(8-10)23-6-3/h7-9,11,22H,4-6H2,1-3H3,(H,20,24)/b18-9-. The molecule has 6 nitrogen and oxygen atoms in total. The minimum atomic E-state index is -0.0756. The van der Waals surface area contributed by atoms with E-state index in [0.717, 1.165) is 18.7 Å². The summed E-state index contributed by atoms with van der Waals surface area (Å²) in [7, 11) is 0. The fourth-order valence-electron chi connectivity index (χ4n) is 2.39. The largest absolute Gasteiger partial charge is 0.503 e. The number of phenolic OH excluding ortho intramolecular Hbond substituents is 1. The Morgan fingerprint density at radius 2 is 2.12 bits per heavy atom. The summed E-state index contributed by atoms with van der Waals surface area (Å²) in [4.78, 5) is 0. The van der Waals surface area contributed by atoms with E-state index in [1.54, 1.807) is 23.0 Å². The SMILES string of the molecule is CCOc1cc(/C=N\n2c(C(CC)CC)n[nH]c2=S)cc(Cl)c1O. The molecule has 0 spiro atoms. The lowest BCUT2D eigenvalue weighted by atomic mass is 10.0. The van der Waals surface area contributed by atoms with Gasteiger partial charge in [-0.05, 0) is 49.7 Å². The van der Waals surface area contributed by atoms with E-state index in [-0.39, 0.29) is 16.7 Å². The van der Waals surface area contributed by atoms with Crippen LogP contribution in [0.15, 0.2) is 17.2 Å². The van der Waals surface area contributed by atoms with Crippen LogP contribution in [-0.2, 0) is 0 Å². The van der Waals surface area contributed by atoms with Crippen molar-refractivity contribution in [1.29, 1.82) is 0 Å². The second-order valence-electron chi connectivity index (χ2n) is 5.24. The van der Waals surface area contributed by atoms with Gasteiger partial charge in [0.25, 0.3) is 0 Å². The summed E-state index contributed by atoms with van der Waals surface area (Å²) in [5.41, 5.74) is 0.694. The molecule has 24 heavy (non-hydrogen) atoms. The van der Waals surface area contributed by atoms with Crippen LogP contribution in [0.5, 0.6) is 11.5 Å². The van der Waals surface area contributed by atoms with Crippen molar-refractivity contribution in [1.82, 2.24) is 14.9 Å². The van der Waals surface area contributed by atoms with Gasteiger partial charge in [-0.25, -0.2) is 0 Å². The summed E-state index contributed by atoms with van der Waals surface area (Å²) < 4.78 is 7.43. The average Bonchev–Trinajstić information content (AvgIpc) is 2.92. The number of benzene rings is 1. The van der Waals surface area contributed by atoms with Crippen LogP contribution < -0.4 is 4.74 Å². The summed E-state index contributed by atoms with van der Waals surface area (Å²) in [5, 5.41) is 21.6. The van der Waals surface area contributed by atoms with Gasteiger partial charge < -0.3 is 9.84 Å². The first kappa shape index (κ1) is 18.5. The molecule has 0 fully saturated rings. The molecule has 2 rings (SSSR count). The Labute approximate surface area is 151 Å². The molecule has 0 aliphatic heterocycles. The van der Waals surface area contributed by atoms with E-state index >= 15 is 0 Å². The normalized spacial score (nSPS) is 11.5. The van der Waals surface area contributed by atoms with Crippen LogP contribution in [0, 0.1) is 4.77 Å². The summed E-state index contributed by atoms with van der Waals surface area (Å²) in [6, 6.07) is 3.29. The van der Waals surface area contributed by atoms with Crippen molar-refractivity contribution < 1.29 is 9.84 Å². The molecule has 0 saturated heterocycles. The van der Waals surface area contributed by atoms with Crippen LogP contribution in [0.4, 0.5) is 0 Å². The average molecular weight is 369 g/mol. The van der Waals surface area contributed by atoms with Crippen molar-refractivity contribution in [3.63, 3.8) is 0 Å². The summed E-state index contributed by atoms with van der Waals surface area (Å²) in [6.45, 7) is 6.47. The zero-order valence-electron chi connectivity index (χ0n) is 13.9. The third kappa shape index (κ3) is 3.96. The van der Waals surface area contributed by atoms with Gasteiger partial charge in [-0.15, -0.1) is 0 Å². The number of rotatable bonds is 7. The Bertz CT molecular complexity index is 781. The van der Waals surface area contributed by atoms with Crippen molar-refractivity contribution in [2.75, 3.05) is 6.61 Å². The highest BCUT2D eigenvalue weighted by atomic mass is 35.5. The van der Waals surface area contributed by atoms with Gasteiger partial charge in [0.05, 0.1) is 17.8 Å². The van der Waals surface area contributed by atoms with Crippen LogP contribution in [0.3, 0.4) is 0 Å². The first-order valence-electron chi connectivity index (χ1n) is 7.88. The fraction of sp³-hybridized carbons (Fsp3) is 0.438. The van der Waals surface area contributed by atoms with Gasteiger partial charge in [0.15, 0.2) is 17.3 Å². The predicted octanol–water partition coefficient (Wildman–Crippen LogP) is 4.48. The zero-order valence-corrected chi connectivity index (χ0v) is 15.5. The molecule has 8 heteroatoms. The van der Waals surface area contributed by atoms with Crippen molar-refractivity contribution in [3.8, 4) is 11.5 Å². The molecule has 2 aromatic rings. The molecular weight excluding hydrogens is 348 g/mol. The van der Waals surface area contributed by atoms with Gasteiger partial charge in [0, 0.05) is 5.92 Å². The number of aromatic amines is 1. The van der Waals surface area contributed by atoms with Gasteiger partial charge >= 0.3 is 0 Å². The number of aromatic nitrogens is 3. The highest BCUT2D eigenvalue weighted by Crippen LogP contribution is 2.34. The molecule has 0 aliphatic rings. The van der Waals surface area contributed by atoms with Gasteiger partial charge in [-0.1, -0.05) is 25.4 Å². The maximum absolute atomic E-state index is 9.89. The lowest BCUT2D eigenvalue weighted by Gasteiger charge is -2.10. The Balaban J connectivity index is 2.39. The molecule has 0 saturated carbocycles. The van der Waals surface area contributed by atoms with Crippen molar-refractivity contribution in [2.45, 2.75) is 39.5 Å². The van der Waals surface area contributed by atoms with E-state index < -0.39 is 0 Å². The van der Waals surface area contributed by atoms with Crippen LogP contribution in [-0.4, -0.2) is 32.8 Å². The second kappa shape index (κ2) is 8.30. The molecule has 130 valence electrons. The van der Waals surface area contributed by atoms with Crippen LogP contribution in [0.2, 0.25) is 5.02 Å². The molecule has 0 unspecified atom stereocenters. The lowest BCUT2D eigenvalue weighted by molar-refractivity contribution is 0.318. The quantitative estimate of drug-likeness (QED) is 0.558. The predicted molar refractivity (Wildman–Crippen MR) is 98.0 cm³/mol. The minimum Gasteiger partial charge on any atom is -0.503 e. The van der Waals surface area contributed by atoms with E-state index in [9.17, 15) is 5.11 Å². The van der Waals surface area contributed by atoms with Crippen molar-refractivity contribution in [2.24, 2.45) is 5.10 Å². The molecule has 2 N–H and O–H groups in total. The van der Waals surface area contributed by atoms with Gasteiger partial charge in [-0.3, -0.25) is 5.10 Å². The number of H-pyrrole nitrogens is 1. The Kier molecular flexibility index (Phi) is 6.39. The van der Waals surface area contributed by atoms with E-state index in [4.69, 9.17) is 28.6 Å². The second-order valence-corrected chi connectivity index (χ2v) is 6.03. The first-order valence-corrected chi connectivity index (χ1v) is 8.67. The highest BCUT2D eigenvalue weighted by Gasteiger charge is 2.15. The fourth-order valence-corrected chi connectivity index (χ4v) is 2.80. The topological polar surface area (TPSA) is 75.4 Å². The molecule has 1 aromatic heterocycles. The third-order valence-corrected chi connectivity index (χ3v) is 4.25. The Morgan fingerprint density at radius 1 is 1.42 bits per heavy atom. The summed E-state index contributed by atoms with van der Waals surface area (Å²) in [6.07, 6.45) is 3.52. The molecule has 0 radical (unpaired) electrons. The molecule has 0 aliphatic carbocycles. The number of ether oxygens (including phenoxy) is 1. The molecule has 0 bridgehead atoms. The summed E-state index contributed by atoms with van der Waals surface area (Å²) >= 11 is 11.3. The van der Waals surface area contributed by atoms with Gasteiger partial charge in [-0.2, -0.15) is 14.9 Å². The number of nitrogens with zero attached hydrogens (tertiary/aromatic N) is 3. The molecule has 1 heterocycles. The number of hydrogen-bond donors (Lipinski definition) is 2. The zero-order chi connectivity index (χ0) is 17.7. The molecule has 1 aromatic carbocycles. The van der Waals surface area contributed by atoms with E-state index in [0.29, 0.717) is 22.7 Å². The Hall–Kier alpha value is -1.86. The van der Waals surface area contributed by atoms with Crippen molar-refractivity contribution in [3.05, 3.63) is 33.3 Å². The maximum Gasteiger partial charge on any atom is 0.216 e. The number of nitrogens with one attached hydrogen (secondary N) is 1.